The number of carbonyl (C=O) groups is 4. The zero-order valence-electron chi connectivity index (χ0n) is 56.2. The minimum absolute atomic E-state index is 0.105. The number of hydrogen-bond acceptors (Lipinski definition) is 15. The van der Waals surface area contributed by atoms with E-state index in [1.54, 1.807) is 0 Å². The third-order valence-corrected chi connectivity index (χ3v) is 17.7. The van der Waals surface area contributed by atoms with Gasteiger partial charge in [0.25, 0.3) is 0 Å². The molecule has 0 aliphatic carbocycles. The molecular formula is C68H132O17P2. The Bertz CT molecular complexity index is 1690. The molecule has 0 aliphatic rings. The SMILES string of the molecule is CCCCCCCCCCCCCCCCC(=O)O[C@H](COC(=O)CCCCCCCCCCCCCCC)COP(=O)(O)OC[C@@H](O)COP(=O)(O)OC[C@@H](COC(=O)CCCCCCCCCC)OC(=O)CCCCCCCCCCCC(C)C. The maximum Gasteiger partial charge on any atom is 0.472 e. The van der Waals surface area contributed by atoms with Crippen molar-refractivity contribution >= 4 is 39.5 Å². The summed E-state index contributed by atoms with van der Waals surface area (Å²) in [5.41, 5.74) is 0. The standard InChI is InChI=1S/C68H132O17P2/c1-6-9-12-15-18-21-23-25-27-29-33-38-43-48-53-67(72)84-64(58-79-66(71)52-47-42-37-32-28-26-24-22-19-16-13-10-7-2)60-83-87(76,77)81-56-62(69)55-80-86(74,75)82-59-63(57-78-65(70)51-46-41-36-20-17-14-11-8-3)85-68(73)54-49-44-39-34-30-31-35-40-45-50-61(4)5/h61-64,69H,6-60H2,1-5H3,(H,74,75)(H,76,77)/t62-,63+,64+/m0/s1. The summed E-state index contributed by atoms with van der Waals surface area (Å²) in [4.78, 5) is 72.4. The molecule has 0 amide bonds. The fraction of sp³-hybridized carbons (Fsp3) is 0.941. The molecule has 0 aromatic heterocycles. The molecule has 0 heterocycles. The monoisotopic (exact) mass is 1280 g/mol. The van der Waals surface area contributed by atoms with Gasteiger partial charge in [-0.05, 0) is 31.6 Å². The highest BCUT2D eigenvalue weighted by molar-refractivity contribution is 7.47. The summed E-state index contributed by atoms with van der Waals surface area (Å²) in [6.07, 6.45) is 47.1. The van der Waals surface area contributed by atoms with Gasteiger partial charge < -0.3 is 33.8 Å². The molecular weight excluding hydrogens is 1150 g/mol. The second kappa shape index (κ2) is 61.6. The molecule has 87 heavy (non-hydrogen) atoms. The number of phosphoric acid groups is 2. The average molecular weight is 1280 g/mol. The lowest BCUT2D eigenvalue weighted by molar-refractivity contribution is -0.161. The lowest BCUT2D eigenvalue weighted by Gasteiger charge is -2.21. The van der Waals surface area contributed by atoms with E-state index in [2.05, 4.69) is 34.6 Å². The van der Waals surface area contributed by atoms with Crippen molar-refractivity contribution < 1.29 is 80.2 Å². The van der Waals surface area contributed by atoms with Crippen molar-refractivity contribution in [3.8, 4) is 0 Å². The Morgan fingerprint density at radius 3 is 0.782 bits per heavy atom. The molecule has 516 valence electrons. The molecule has 0 rings (SSSR count). The molecule has 0 bridgehead atoms. The van der Waals surface area contributed by atoms with Crippen LogP contribution in [0.5, 0.6) is 0 Å². The highest BCUT2D eigenvalue weighted by Gasteiger charge is 2.30. The molecule has 0 saturated carbocycles. The topological polar surface area (TPSA) is 237 Å². The predicted molar refractivity (Wildman–Crippen MR) is 349 cm³/mol. The van der Waals surface area contributed by atoms with Crippen LogP contribution in [0, 0.1) is 5.92 Å². The summed E-state index contributed by atoms with van der Waals surface area (Å²) in [6, 6.07) is 0. The van der Waals surface area contributed by atoms with Crippen molar-refractivity contribution in [2.75, 3.05) is 39.6 Å². The van der Waals surface area contributed by atoms with Gasteiger partial charge in [-0.1, -0.05) is 298 Å². The molecule has 0 fully saturated rings. The number of aliphatic hydroxyl groups is 1. The third-order valence-electron chi connectivity index (χ3n) is 15.8. The van der Waals surface area contributed by atoms with Crippen LogP contribution in [0.3, 0.4) is 0 Å². The van der Waals surface area contributed by atoms with E-state index in [0.717, 1.165) is 102 Å². The molecule has 0 aromatic carbocycles. The molecule has 2 unspecified atom stereocenters. The molecule has 0 radical (unpaired) electrons. The average Bonchev–Trinajstić information content (AvgIpc) is 3.69. The van der Waals surface area contributed by atoms with Crippen LogP contribution in [0.15, 0.2) is 0 Å². The first-order valence-electron chi connectivity index (χ1n) is 35.6. The Labute approximate surface area is 530 Å². The highest BCUT2D eigenvalue weighted by Crippen LogP contribution is 2.45. The van der Waals surface area contributed by atoms with Crippen LogP contribution >= 0.6 is 15.6 Å². The molecule has 0 aliphatic heterocycles. The lowest BCUT2D eigenvalue weighted by atomic mass is 10.0. The van der Waals surface area contributed by atoms with Crippen LogP contribution in [0.1, 0.15) is 349 Å². The van der Waals surface area contributed by atoms with E-state index >= 15 is 0 Å². The molecule has 17 nitrogen and oxygen atoms in total. The van der Waals surface area contributed by atoms with E-state index in [1.807, 2.05) is 0 Å². The van der Waals surface area contributed by atoms with Gasteiger partial charge in [0, 0.05) is 25.7 Å². The minimum atomic E-state index is -4.95. The van der Waals surface area contributed by atoms with Gasteiger partial charge in [-0.3, -0.25) is 37.3 Å². The maximum atomic E-state index is 13.0. The number of carbonyl (C=O) groups excluding carboxylic acids is 4. The Hall–Kier alpha value is -1.94. The Kier molecular flexibility index (Phi) is 60.2. The minimum Gasteiger partial charge on any atom is -0.462 e. The zero-order valence-corrected chi connectivity index (χ0v) is 57.9. The molecule has 19 heteroatoms. The van der Waals surface area contributed by atoms with Gasteiger partial charge in [0.2, 0.25) is 0 Å². The van der Waals surface area contributed by atoms with Crippen LogP contribution in [0.25, 0.3) is 0 Å². The van der Waals surface area contributed by atoms with Crippen molar-refractivity contribution in [3.63, 3.8) is 0 Å². The number of aliphatic hydroxyl groups excluding tert-OH is 1. The first-order chi connectivity index (χ1) is 42.0. The van der Waals surface area contributed by atoms with Crippen molar-refractivity contribution in [1.82, 2.24) is 0 Å². The first kappa shape index (κ1) is 85.1. The van der Waals surface area contributed by atoms with E-state index in [4.69, 9.17) is 37.0 Å². The smallest absolute Gasteiger partial charge is 0.462 e. The summed E-state index contributed by atoms with van der Waals surface area (Å²) >= 11 is 0. The molecule has 0 aromatic rings. The second-order valence-corrected chi connectivity index (χ2v) is 27.9. The summed E-state index contributed by atoms with van der Waals surface area (Å²) in [7, 11) is -9.89. The summed E-state index contributed by atoms with van der Waals surface area (Å²) < 4.78 is 68.2. The zero-order chi connectivity index (χ0) is 64.2. The van der Waals surface area contributed by atoms with Gasteiger partial charge >= 0.3 is 39.5 Å². The number of phosphoric ester groups is 2. The van der Waals surface area contributed by atoms with Crippen LogP contribution in [0.2, 0.25) is 0 Å². The summed E-state index contributed by atoms with van der Waals surface area (Å²) in [5, 5.41) is 10.6. The van der Waals surface area contributed by atoms with E-state index in [9.17, 15) is 43.2 Å². The lowest BCUT2D eigenvalue weighted by Crippen LogP contribution is -2.30. The van der Waals surface area contributed by atoms with Crippen LogP contribution in [-0.4, -0.2) is 96.7 Å². The van der Waals surface area contributed by atoms with Crippen molar-refractivity contribution in [3.05, 3.63) is 0 Å². The van der Waals surface area contributed by atoms with Crippen molar-refractivity contribution in [1.29, 1.82) is 0 Å². The highest BCUT2D eigenvalue weighted by atomic mass is 31.2. The maximum absolute atomic E-state index is 13.0. The molecule has 3 N–H and O–H groups in total. The van der Waals surface area contributed by atoms with Crippen LogP contribution in [-0.2, 0) is 65.4 Å². The van der Waals surface area contributed by atoms with Crippen molar-refractivity contribution in [2.45, 2.75) is 368 Å². The van der Waals surface area contributed by atoms with Crippen LogP contribution in [0.4, 0.5) is 0 Å². The van der Waals surface area contributed by atoms with E-state index in [-0.39, 0.29) is 25.7 Å². The Morgan fingerprint density at radius 2 is 0.529 bits per heavy atom. The van der Waals surface area contributed by atoms with E-state index in [0.29, 0.717) is 25.7 Å². The first-order valence-corrected chi connectivity index (χ1v) is 38.6. The van der Waals surface area contributed by atoms with Gasteiger partial charge in [0.05, 0.1) is 26.4 Å². The van der Waals surface area contributed by atoms with Gasteiger partial charge in [0.1, 0.15) is 19.3 Å². The molecule has 5 atom stereocenters. The number of ether oxygens (including phenoxy) is 4. The van der Waals surface area contributed by atoms with Gasteiger partial charge in [-0.25, -0.2) is 9.13 Å². The largest absolute Gasteiger partial charge is 0.472 e. The number of unbranched alkanes of at least 4 members (excludes halogenated alkanes) is 40. The number of esters is 4. The fourth-order valence-electron chi connectivity index (χ4n) is 10.3. The summed E-state index contributed by atoms with van der Waals surface area (Å²) in [5.74, 6) is -1.39. The number of rotatable bonds is 68. The summed E-state index contributed by atoms with van der Waals surface area (Å²) in [6.45, 7) is 7.19. The number of hydrogen-bond donors (Lipinski definition) is 3. The van der Waals surface area contributed by atoms with Crippen LogP contribution < -0.4 is 0 Å². The quantitative estimate of drug-likeness (QED) is 0.0222. The molecule has 0 saturated heterocycles. The normalized spacial score (nSPS) is 14.1. The third kappa shape index (κ3) is 62.6. The van der Waals surface area contributed by atoms with Gasteiger partial charge in [-0.15, -0.1) is 0 Å². The van der Waals surface area contributed by atoms with Gasteiger partial charge in [0.15, 0.2) is 12.2 Å². The van der Waals surface area contributed by atoms with E-state index < -0.39 is 97.5 Å². The Balaban J connectivity index is 5.23. The van der Waals surface area contributed by atoms with E-state index in [1.165, 1.54) is 167 Å². The second-order valence-electron chi connectivity index (χ2n) is 25.0. The Morgan fingerprint density at radius 1 is 0.310 bits per heavy atom. The fourth-order valence-corrected chi connectivity index (χ4v) is 11.9. The van der Waals surface area contributed by atoms with Crippen molar-refractivity contribution in [2.24, 2.45) is 5.92 Å². The van der Waals surface area contributed by atoms with Gasteiger partial charge in [-0.2, -0.15) is 0 Å². The molecule has 0 spiro atoms. The predicted octanol–water partition coefficient (Wildman–Crippen LogP) is 19.4.